The van der Waals surface area contributed by atoms with Gasteiger partial charge in [-0.3, -0.25) is 0 Å². The summed E-state index contributed by atoms with van der Waals surface area (Å²) in [7, 11) is 1.90. The SMILES string of the molecule is CNC(c1cccc(F)c1)c1csc2ccccc12. The zero-order valence-corrected chi connectivity index (χ0v) is 11.4. The van der Waals surface area contributed by atoms with E-state index in [1.54, 1.807) is 23.5 Å². The van der Waals surface area contributed by atoms with Gasteiger partial charge in [-0.1, -0.05) is 30.3 Å². The maximum absolute atomic E-state index is 13.4. The Morgan fingerprint density at radius 1 is 1.11 bits per heavy atom. The highest BCUT2D eigenvalue weighted by molar-refractivity contribution is 7.17. The zero-order valence-electron chi connectivity index (χ0n) is 10.6. The lowest BCUT2D eigenvalue weighted by Gasteiger charge is -2.16. The van der Waals surface area contributed by atoms with Crippen molar-refractivity contribution in [2.45, 2.75) is 6.04 Å². The molecule has 0 radical (unpaired) electrons. The van der Waals surface area contributed by atoms with Crippen molar-refractivity contribution in [2.24, 2.45) is 0 Å². The van der Waals surface area contributed by atoms with Crippen molar-refractivity contribution in [3.8, 4) is 0 Å². The van der Waals surface area contributed by atoms with Crippen LogP contribution in [0.15, 0.2) is 53.9 Å². The molecule has 0 aliphatic carbocycles. The average Bonchev–Trinajstić information content (AvgIpc) is 2.84. The van der Waals surface area contributed by atoms with Gasteiger partial charge in [-0.2, -0.15) is 0 Å². The maximum atomic E-state index is 13.4. The van der Waals surface area contributed by atoms with Crippen LogP contribution >= 0.6 is 11.3 Å². The molecule has 3 aromatic rings. The van der Waals surface area contributed by atoms with Crippen LogP contribution in [0.5, 0.6) is 0 Å². The van der Waals surface area contributed by atoms with Gasteiger partial charge < -0.3 is 5.32 Å². The van der Waals surface area contributed by atoms with Crippen molar-refractivity contribution in [3.05, 3.63) is 70.9 Å². The van der Waals surface area contributed by atoms with Crippen LogP contribution in [0.2, 0.25) is 0 Å². The molecule has 0 spiro atoms. The van der Waals surface area contributed by atoms with Crippen molar-refractivity contribution in [2.75, 3.05) is 7.05 Å². The van der Waals surface area contributed by atoms with Gasteiger partial charge in [0.15, 0.2) is 0 Å². The van der Waals surface area contributed by atoms with E-state index < -0.39 is 0 Å². The van der Waals surface area contributed by atoms with Gasteiger partial charge in [0.2, 0.25) is 0 Å². The van der Waals surface area contributed by atoms with Crippen LogP contribution in [-0.2, 0) is 0 Å². The number of hydrogen-bond donors (Lipinski definition) is 1. The van der Waals surface area contributed by atoms with Crippen molar-refractivity contribution in [3.63, 3.8) is 0 Å². The normalized spacial score (nSPS) is 12.7. The molecular weight excluding hydrogens is 257 g/mol. The van der Waals surface area contributed by atoms with Crippen LogP contribution in [-0.4, -0.2) is 7.05 Å². The van der Waals surface area contributed by atoms with Crippen LogP contribution in [0.25, 0.3) is 10.1 Å². The Labute approximate surface area is 115 Å². The molecule has 1 unspecified atom stereocenters. The van der Waals surface area contributed by atoms with Gasteiger partial charge in [0.25, 0.3) is 0 Å². The molecule has 0 saturated carbocycles. The Balaban J connectivity index is 2.12. The van der Waals surface area contributed by atoms with E-state index in [4.69, 9.17) is 0 Å². The van der Waals surface area contributed by atoms with Crippen molar-refractivity contribution in [1.82, 2.24) is 5.32 Å². The molecule has 0 amide bonds. The lowest BCUT2D eigenvalue weighted by Crippen LogP contribution is -2.17. The summed E-state index contributed by atoms with van der Waals surface area (Å²) in [6.45, 7) is 0. The molecule has 1 N–H and O–H groups in total. The summed E-state index contributed by atoms with van der Waals surface area (Å²) in [6.07, 6.45) is 0. The molecule has 0 aliphatic rings. The Hall–Kier alpha value is -1.71. The van der Waals surface area contributed by atoms with E-state index in [0.29, 0.717) is 0 Å². The monoisotopic (exact) mass is 271 g/mol. The smallest absolute Gasteiger partial charge is 0.123 e. The van der Waals surface area contributed by atoms with Crippen LogP contribution in [0.3, 0.4) is 0 Å². The molecule has 0 bridgehead atoms. The van der Waals surface area contributed by atoms with Gasteiger partial charge >= 0.3 is 0 Å². The summed E-state index contributed by atoms with van der Waals surface area (Å²) in [5.41, 5.74) is 2.15. The molecular formula is C16H14FNS. The molecule has 3 heteroatoms. The molecule has 1 atom stereocenters. The first kappa shape index (κ1) is 12.3. The van der Waals surface area contributed by atoms with Crippen LogP contribution in [0.4, 0.5) is 4.39 Å². The minimum Gasteiger partial charge on any atom is -0.309 e. The van der Waals surface area contributed by atoms with E-state index >= 15 is 0 Å². The summed E-state index contributed by atoms with van der Waals surface area (Å²) in [4.78, 5) is 0. The van der Waals surface area contributed by atoms with Gasteiger partial charge in [-0.25, -0.2) is 4.39 Å². The summed E-state index contributed by atoms with van der Waals surface area (Å²) >= 11 is 1.72. The van der Waals surface area contributed by atoms with E-state index in [2.05, 4.69) is 22.8 Å². The van der Waals surface area contributed by atoms with Gasteiger partial charge in [0, 0.05) is 4.70 Å². The lowest BCUT2D eigenvalue weighted by atomic mass is 9.98. The largest absolute Gasteiger partial charge is 0.309 e. The minimum absolute atomic E-state index is 0.0202. The second-order valence-corrected chi connectivity index (χ2v) is 5.38. The molecule has 1 heterocycles. The third-order valence-electron chi connectivity index (χ3n) is 3.29. The van der Waals surface area contributed by atoms with E-state index in [-0.39, 0.29) is 11.9 Å². The van der Waals surface area contributed by atoms with Crippen molar-refractivity contribution < 1.29 is 4.39 Å². The molecule has 1 nitrogen and oxygen atoms in total. The average molecular weight is 271 g/mol. The maximum Gasteiger partial charge on any atom is 0.123 e. The number of hydrogen-bond acceptors (Lipinski definition) is 2. The fraction of sp³-hybridized carbons (Fsp3) is 0.125. The first-order valence-corrected chi connectivity index (χ1v) is 7.06. The first-order chi connectivity index (χ1) is 9.29. The minimum atomic E-state index is -0.197. The molecule has 0 fully saturated rings. The lowest BCUT2D eigenvalue weighted by molar-refractivity contribution is 0.617. The fourth-order valence-corrected chi connectivity index (χ4v) is 3.40. The zero-order chi connectivity index (χ0) is 13.2. The number of thiophene rings is 1. The number of fused-ring (bicyclic) bond motifs is 1. The molecule has 19 heavy (non-hydrogen) atoms. The number of nitrogens with one attached hydrogen (secondary N) is 1. The van der Waals surface area contributed by atoms with Crippen LogP contribution in [0.1, 0.15) is 17.2 Å². The standard InChI is InChI=1S/C16H14FNS/c1-18-16(11-5-4-6-12(17)9-11)14-10-19-15-8-3-2-7-13(14)15/h2-10,16,18H,1H3. The Morgan fingerprint density at radius 3 is 2.74 bits per heavy atom. The number of rotatable bonds is 3. The molecule has 1 aromatic heterocycles. The molecule has 2 aromatic carbocycles. The fourth-order valence-electron chi connectivity index (χ4n) is 2.41. The van der Waals surface area contributed by atoms with Crippen LogP contribution < -0.4 is 5.32 Å². The highest BCUT2D eigenvalue weighted by atomic mass is 32.1. The van der Waals surface area contributed by atoms with Crippen molar-refractivity contribution >= 4 is 21.4 Å². The second kappa shape index (κ2) is 5.11. The van der Waals surface area contributed by atoms with Gasteiger partial charge in [-0.05, 0) is 47.1 Å². The topological polar surface area (TPSA) is 12.0 Å². The highest BCUT2D eigenvalue weighted by Crippen LogP contribution is 2.33. The second-order valence-electron chi connectivity index (χ2n) is 4.46. The van der Waals surface area contributed by atoms with Gasteiger partial charge in [-0.15, -0.1) is 11.3 Å². The van der Waals surface area contributed by atoms with E-state index in [0.717, 1.165) is 5.56 Å². The predicted molar refractivity (Wildman–Crippen MR) is 79.1 cm³/mol. The Morgan fingerprint density at radius 2 is 1.95 bits per heavy atom. The molecule has 96 valence electrons. The Kier molecular flexibility index (Phi) is 3.32. The highest BCUT2D eigenvalue weighted by Gasteiger charge is 2.16. The third kappa shape index (κ3) is 2.27. The number of benzene rings is 2. The van der Waals surface area contributed by atoms with E-state index in [9.17, 15) is 4.39 Å². The van der Waals surface area contributed by atoms with E-state index in [1.807, 2.05) is 25.2 Å². The number of halogens is 1. The van der Waals surface area contributed by atoms with Crippen molar-refractivity contribution in [1.29, 1.82) is 0 Å². The molecule has 3 rings (SSSR count). The first-order valence-electron chi connectivity index (χ1n) is 6.18. The van der Waals surface area contributed by atoms with E-state index in [1.165, 1.54) is 21.7 Å². The van der Waals surface area contributed by atoms with Gasteiger partial charge in [0.05, 0.1) is 6.04 Å². The third-order valence-corrected chi connectivity index (χ3v) is 4.27. The van der Waals surface area contributed by atoms with Gasteiger partial charge in [0.1, 0.15) is 5.82 Å². The predicted octanol–water partition coefficient (Wildman–Crippen LogP) is 4.35. The van der Waals surface area contributed by atoms with Crippen LogP contribution in [0, 0.1) is 5.82 Å². The summed E-state index contributed by atoms with van der Waals surface area (Å²) in [6, 6.07) is 15.1. The summed E-state index contributed by atoms with van der Waals surface area (Å²) in [5.74, 6) is -0.197. The summed E-state index contributed by atoms with van der Waals surface area (Å²) < 4.78 is 14.7. The quantitative estimate of drug-likeness (QED) is 0.746. The molecule has 0 saturated heterocycles. The Bertz CT molecular complexity index is 705. The summed E-state index contributed by atoms with van der Waals surface area (Å²) in [5, 5.41) is 6.66. The molecule has 0 aliphatic heterocycles.